The fourth-order valence-corrected chi connectivity index (χ4v) is 5.20. The maximum atomic E-state index is 12.5. The Hall–Kier alpha value is -1.25. The number of hydrogen-bond acceptors (Lipinski definition) is 7. The van der Waals surface area contributed by atoms with Crippen molar-refractivity contribution in [2.45, 2.75) is 148 Å². The van der Waals surface area contributed by atoms with E-state index in [9.17, 15) is 19.0 Å². The van der Waals surface area contributed by atoms with Crippen molar-refractivity contribution in [1.29, 1.82) is 0 Å². The van der Waals surface area contributed by atoms with E-state index in [1.165, 1.54) is 70.6 Å². The van der Waals surface area contributed by atoms with E-state index in [0.717, 1.165) is 32.1 Å². The molecule has 0 aromatic carbocycles. The van der Waals surface area contributed by atoms with Crippen LogP contribution in [0.3, 0.4) is 0 Å². The fraction of sp³-hybridized carbons (Fsp3) is 0.882. The van der Waals surface area contributed by atoms with E-state index in [1.807, 2.05) is 28.1 Å². The Kier molecular flexibility index (Phi) is 27.2. The van der Waals surface area contributed by atoms with Crippen LogP contribution < -0.4 is 0 Å². The summed E-state index contributed by atoms with van der Waals surface area (Å²) in [7, 11) is 1.47. The zero-order valence-electron chi connectivity index (χ0n) is 28.9. The minimum atomic E-state index is -4.34. The summed E-state index contributed by atoms with van der Waals surface area (Å²) in [4.78, 5) is 34.4. The lowest BCUT2D eigenvalue weighted by Crippen LogP contribution is -2.37. The predicted octanol–water partition coefficient (Wildman–Crippen LogP) is 8.68. The fourth-order valence-electron chi connectivity index (χ4n) is 4.46. The van der Waals surface area contributed by atoms with Crippen molar-refractivity contribution in [3.63, 3.8) is 0 Å². The Morgan fingerprint density at radius 3 is 1.73 bits per heavy atom. The van der Waals surface area contributed by atoms with Crippen molar-refractivity contribution in [2.75, 3.05) is 47.5 Å². The van der Waals surface area contributed by atoms with Gasteiger partial charge in [0, 0.05) is 12.8 Å². The number of phosphoric acid groups is 1. The third-order valence-electron chi connectivity index (χ3n) is 7.30. The highest BCUT2D eigenvalue weighted by Gasteiger charge is 2.27. The van der Waals surface area contributed by atoms with Crippen LogP contribution in [0.15, 0.2) is 12.2 Å². The van der Waals surface area contributed by atoms with Gasteiger partial charge in [-0.25, -0.2) is 4.57 Å². The van der Waals surface area contributed by atoms with Crippen molar-refractivity contribution >= 4 is 19.8 Å². The summed E-state index contributed by atoms with van der Waals surface area (Å²) in [6, 6.07) is 0. The summed E-state index contributed by atoms with van der Waals surface area (Å²) < 4.78 is 33.6. The third kappa shape index (κ3) is 30.8. The van der Waals surface area contributed by atoms with E-state index < -0.39 is 32.5 Å². The van der Waals surface area contributed by atoms with E-state index in [4.69, 9.17) is 18.5 Å². The van der Waals surface area contributed by atoms with Crippen LogP contribution in [-0.2, 0) is 32.7 Å². The molecule has 44 heavy (non-hydrogen) atoms. The van der Waals surface area contributed by atoms with Gasteiger partial charge in [-0.15, -0.1) is 0 Å². The van der Waals surface area contributed by atoms with Gasteiger partial charge in [0.2, 0.25) is 0 Å². The third-order valence-corrected chi connectivity index (χ3v) is 8.28. The molecule has 2 unspecified atom stereocenters. The number of rotatable bonds is 31. The lowest BCUT2D eigenvalue weighted by molar-refractivity contribution is -0.870. The molecule has 0 fully saturated rings. The van der Waals surface area contributed by atoms with Crippen molar-refractivity contribution in [3.05, 3.63) is 12.2 Å². The number of esters is 2. The molecule has 0 heterocycles. The average Bonchev–Trinajstić information content (AvgIpc) is 2.96. The number of allylic oxidation sites excluding steroid dienone is 2. The van der Waals surface area contributed by atoms with Crippen molar-refractivity contribution in [1.82, 2.24) is 0 Å². The Morgan fingerprint density at radius 2 is 1.18 bits per heavy atom. The van der Waals surface area contributed by atoms with E-state index in [2.05, 4.69) is 19.1 Å². The molecule has 1 N–H and O–H groups in total. The van der Waals surface area contributed by atoms with E-state index in [-0.39, 0.29) is 26.1 Å². The molecule has 0 aromatic rings. The Balaban J connectivity index is 4.14. The maximum absolute atomic E-state index is 12.5. The van der Waals surface area contributed by atoms with E-state index >= 15 is 0 Å². The lowest BCUT2D eigenvalue weighted by Gasteiger charge is -2.24. The summed E-state index contributed by atoms with van der Waals surface area (Å²) in [5, 5.41) is 0. The van der Waals surface area contributed by atoms with Gasteiger partial charge in [-0.3, -0.25) is 18.6 Å². The second kappa shape index (κ2) is 28.0. The summed E-state index contributed by atoms with van der Waals surface area (Å²) >= 11 is 0. The standard InChI is InChI=1S/C34H66NO8P/c1-6-8-10-11-12-13-14-15-16-17-18-19-20-21-22-23-24-25-27-34(37)43-32(30-40-33(36)26-9-7-2)31-42-44(38,39)41-29-28-35(3,4)5/h16-17,32H,6-15,18-31H2,1-5H3/p+1/b17-16-. The van der Waals surface area contributed by atoms with Gasteiger partial charge in [0.05, 0.1) is 27.7 Å². The number of ether oxygens (including phenoxy) is 2. The van der Waals surface area contributed by atoms with Crippen LogP contribution >= 0.6 is 7.82 Å². The highest BCUT2D eigenvalue weighted by Crippen LogP contribution is 2.43. The normalized spacial score (nSPS) is 14.0. The van der Waals surface area contributed by atoms with Crippen LogP contribution in [0.25, 0.3) is 0 Å². The molecule has 0 radical (unpaired) electrons. The van der Waals surface area contributed by atoms with Gasteiger partial charge >= 0.3 is 19.8 Å². The molecule has 0 amide bonds. The first-order valence-electron chi connectivity index (χ1n) is 17.4. The molecule has 0 saturated heterocycles. The van der Waals surface area contributed by atoms with Gasteiger partial charge in [-0.05, 0) is 38.5 Å². The van der Waals surface area contributed by atoms with Crippen LogP contribution in [0, 0.1) is 0 Å². The monoisotopic (exact) mass is 648 g/mol. The van der Waals surface area contributed by atoms with Gasteiger partial charge in [0.1, 0.15) is 19.8 Å². The topological polar surface area (TPSA) is 108 Å². The molecule has 0 bridgehead atoms. The molecule has 260 valence electrons. The lowest BCUT2D eigenvalue weighted by atomic mass is 10.1. The van der Waals surface area contributed by atoms with Crippen molar-refractivity contribution in [2.24, 2.45) is 0 Å². The predicted molar refractivity (Wildman–Crippen MR) is 178 cm³/mol. The second-order valence-corrected chi connectivity index (χ2v) is 14.4. The highest BCUT2D eigenvalue weighted by atomic mass is 31.2. The molecule has 0 spiro atoms. The van der Waals surface area contributed by atoms with Gasteiger partial charge in [0.15, 0.2) is 6.10 Å². The molecule has 9 nitrogen and oxygen atoms in total. The summed E-state index contributed by atoms with van der Waals surface area (Å²) in [5.74, 6) is -0.844. The average molecular weight is 649 g/mol. The number of carbonyl (C=O) groups excluding carboxylic acids is 2. The Bertz CT molecular complexity index is 784. The SMILES string of the molecule is CCCCCCCCC/C=C\CCCCCCCCCC(=O)OC(COC(=O)CCCC)COP(=O)(O)OCC[N+](C)(C)C. The van der Waals surface area contributed by atoms with Gasteiger partial charge in [-0.2, -0.15) is 0 Å². The first kappa shape index (κ1) is 42.8. The van der Waals surface area contributed by atoms with Crippen molar-refractivity contribution < 1.29 is 42.1 Å². The quantitative estimate of drug-likeness (QED) is 0.0262. The summed E-state index contributed by atoms with van der Waals surface area (Å²) in [6.45, 7) is 4.14. The molecule has 0 aliphatic heterocycles. The number of quaternary nitrogens is 1. The molecule has 2 atom stereocenters. The van der Waals surface area contributed by atoms with Gasteiger partial charge < -0.3 is 18.9 Å². The summed E-state index contributed by atoms with van der Waals surface area (Å²) in [5.41, 5.74) is 0. The van der Waals surface area contributed by atoms with Crippen LogP contribution in [-0.4, -0.2) is 74.9 Å². The van der Waals surface area contributed by atoms with Crippen LogP contribution in [0.5, 0.6) is 0 Å². The van der Waals surface area contributed by atoms with Gasteiger partial charge in [0.25, 0.3) is 0 Å². The zero-order chi connectivity index (χ0) is 32.9. The first-order chi connectivity index (χ1) is 21.0. The van der Waals surface area contributed by atoms with E-state index in [1.54, 1.807) is 0 Å². The molecule has 0 aliphatic rings. The number of hydrogen-bond donors (Lipinski definition) is 1. The molecule has 0 saturated carbocycles. The Morgan fingerprint density at radius 1 is 0.682 bits per heavy atom. The number of phosphoric ester groups is 1. The number of nitrogens with zero attached hydrogens (tertiary/aromatic N) is 1. The number of carbonyl (C=O) groups is 2. The minimum absolute atomic E-state index is 0.0319. The molecule has 0 aliphatic carbocycles. The number of likely N-dealkylation sites (N-methyl/N-ethyl adjacent to an activating group) is 1. The smallest absolute Gasteiger partial charge is 0.462 e. The highest BCUT2D eigenvalue weighted by molar-refractivity contribution is 7.47. The molecule has 0 aromatic heterocycles. The second-order valence-electron chi connectivity index (χ2n) is 12.9. The minimum Gasteiger partial charge on any atom is -0.462 e. The largest absolute Gasteiger partial charge is 0.472 e. The molecule has 0 rings (SSSR count). The summed E-state index contributed by atoms with van der Waals surface area (Å²) in [6.07, 6.45) is 25.2. The number of unbranched alkanes of at least 4 members (excludes halogenated alkanes) is 15. The zero-order valence-corrected chi connectivity index (χ0v) is 29.8. The van der Waals surface area contributed by atoms with E-state index in [0.29, 0.717) is 23.9 Å². The Labute approximate surface area is 269 Å². The first-order valence-corrected chi connectivity index (χ1v) is 18.9. The molecular weight excluding hydrogens is 581 g/mol. The van der Waals surface area contributed by atoms with Crippen LogP contribution in [0.4, 0.5) is 0 Å². The van der Waals surface area contributed by atoms with Gasteiger partial charge in [-0.1, -0.05) is 103 Å². The van der Waals surface area contributed by atoms with Crippen molar-refractivity contribution in [3.8, 4) is 0 Å². The maximum Gasteiger partial charge on any atom is 0.472 e. The molecule has 10 heteroatoms. The van der Waals surface area contributed by atoms with Crippen LogP contribution in [0.1, 0.15) is 142 Å². The molecular formula is C34H67NO8P+. The van der Waals surface area contributed by atoms with Crippen LogP contribution in [0.2, 0.25) is 0 Å².